The zero-order chi connectivity index (χ0) is 16.7. The topological polar surface area (TPSA) is 50.9 Å². The van der Waals surface area contributed by atoms with Crippen LogP contribution in [0.3, 0.4) is 0 Å². The molecule has 3 rings (SSSR count). The standard InChI is InChI=1S/C18H20ClN3O/c1-10(2)12-7-14(11(3)4)18(23)17(8-12)22-20-15-6-5-13(19)9-16(15)21-22/h5-11,23H,1-4H3. The van der Waals surface area contributed by atoms with Crippen molar-refractivity contribution in [2.24, 2.45) is 0 Å². The highest BCUT2D eigenvalue weighted by Gasteiger charge is 2.17. The third-order valence-electron chi connectivity index (χ3n) is 3.99. The van der Waals surface area contributed by atoms with Gasteiger partial charge < -0.3 is 5.11 Å². The Bertz CT molecular complexity index is 868. The summed E-state index contributed by atoms with van der Waals surface area (Å²) in [5, 5.41) is 20.2. The molecule has 0 radical (unpaired) electrons. The summed E-state index contributed by atoms with van der Waals surface area (Å²) in [5.74, 6) is 0.800. The lowest BCUT2D eigenvalue weighted by Gasteiger charge is -2.16. The number of aromatic nitrogens is 3. The summed E-state index contributed by atoms with van der Waals surface area (Å²) in [5.41, 5.74) is 4.12. The number of nitrogens with zero attached hydrogens (tertiary/aromatic N) is 3. The van der Waals surface area contributed by atoms with Crippen molar-refractivity contribution in [2.45, 2.75) is 39.5 Å². The van der Waals surface area contributed by atoms with Gasteiger partial charge in [-0.05, 0) is 47.2 Å². The van der Waals surface area contributed by atoms with Crippen molar-refractivity contribution in [1.29, 1.82) is 0 Å². The molecular formula is C18H20ClN3O. The fourth-order valence-corrected chi connectivity index (χ4v) is 2.75. The van der Waals surface area contributed by atoms with E-state index in [0.29, 0.717) is 22.1 Å². The minimum absolute atomic E-state index is 0.215. The van der Waals surface area contributed by atoms with E-state index in [9.17, 15) is 5.11 Å². The number of rotatable bonds is 3. The highest BCUT2D eigenvalue weighted by Crippen LogP contribution is 2.35. The summed E-state index contributed by atoms with van der Waals surface area (Å²) in [6, 6.07) is 9.40. The van der Waals surface area contributed by atoms with Crippen LogP contribution in [0.2, 0.25) is 5.02 Å². The first kappa shape index (κ1) is 15.8. The molecule has 0 spiro atoms. The third-order valence-corrected chi connectivity index (χ3v) is 4.22. The molecule has 0 saturated carbocycles. The lowest BCUT2D eigenvalue weighted by atomic mass is 9.94. The number of halogens is 1. The largest absolute Gasteiger partial charge is 0.505 e. The fourth-order valence-electron chi connectivity index (χ4n) is 2.59. The van der Waals surface area contributed by atoms with Crippen LogP contribution in [0.5, 0.6) is 5.75 Å². The molecule has 0 aliphatic heterocycles. The van der Waals surface area contributed by atoms with Crippen molar-refractivity contribution >= 4 is 22.6 Å². The van der Waals surface area contributed by atoms with Gasteiger partial charge in [-0.25, -0.2) is 0 Å². The first-order valence-electron chi connectivity index (χ1n) is 7.76. The number of aromatic hydroxyl groups is 1. The first-order valence-corrected chi connectivity index (χ1v) is 8.14. The Morgan fingerprint density at radius 1 is 0.957 bits per heavy atom. The van der Waals surface area contributed by atoms with E-state index in [1.165, 1.54) is 4.80 Å². The summed E-state index contributed by atoms with van der Waals surface area (Å²) in [7, 11) is 0. The molecule has 3 aromatic rings. The van der Waals surface area contributed by atoms with E-state index < -0.39 is 0 Å². The molecule has 5 heteroatoms. The number of phenolic OH excluding ortho intramolecular Hbond substituents is 1. The number of phenols is 1. The molecule has 120 valence electrons. The van der Waals surface area contributed by atoms with E-state index in [1.807, 2.05) is 12.1 Å². The van der Waals surface area contributed by atoms with Gasteiger partial charge in [-0.3, -0.25) is 0 Å². The van der Waals surface area contributed by atoms with E-state index in [1.54, 1.807) is 12.1 Å². The smallest absolute Gasteiger partial charge is 0.146 e. The van der Waals surface area contributed by atoms with E-state index in [2.05, 4.69) is 44.0 Å². The molecule has 1 N–H and O–H groups in total. The molecule has 4 nitrogen and oxygen atoms in total. The maximum atomic E-state index is 10.7. The minimum atomic E-state index is 0.215. The Balaban J connectivity index is 2.23. The van der Waals surface area contributed by atoms with E-state index in [0.717, 1.165) is 16.6 Å². The molecule has 0 unspecified atom stereocenters. The predicted octanol–water partition coefficient (Wildman–Crippen LogP) is 5.03. The molecule has 0 amide bonds. The van der Waals surface area contributed by atoms with Crippen molar-refractivity contribution < 1.29 is 5.11 Å². The van der Waals surface area contributed by atoms with Gasteiger partial charge in [0.2, 0.25) is 0 Å². The van der Waals surface area contributed by atoms with Crippen molar-refractivity contribution in [1.82, 2.24) is 15.0 Å². The van der Waals surface area contributed by atoms with Crippen molar-refractivity contribution in [2.75, 3.05) is 0 Å². The molecule has 0 bridgehead atoms. The van der Waals surface area contributed by atoms with Gasteiger partial charge in [0.1, 0.15) is 22.5 Å². The number of benzene rings is 2. The second-order valence-corrected chi connectivity index (χ2v) is 6.85. The normalized spacial score (nSPS) is 11.8. The highest BCUT2D eigenvalue weighted by atomic mass is 35.5. The molecule has 0 aliphatic rings. The quantitative estimate of drug-likeness (QED) is 0.733. The van der Waals surface area contributed by atoms with Crippen molar-refractivity contribution in [3.63, 3.8) is 0 Å². The van der Waals surface area contributed by atoms with Crippen LogP contribution in [0.25, 0.3) is 16.7 Å². The molecule has 0 saturated heterocycles. The maximum Gasteiger partial charge on any atom is 0.146 e. The average Bonchev–Trinajstić information content (AvgIpc) is 2.89. The van der Waals surface area contributed by atoms with Gasteiger partial charge >= 0.3 is 0 Å². The van der Waals surface area contributed by atoms with Crippen LogP contribution in [-0.2, 0) is 0 Å². The van der Waals surface area contributed by atoms with Gasteiger partial charge in [0.15, 0.2) is 0 Å². The zero-order valence-corrected chi connectivity index (χ0v) is 14.5. The van der Waals surface area contributed by atoms with Crippen LogP contribution in [0, 0.1) is 0 Å². The van der Waals surface area contributed by atoms with Gasteiger partial charge in [0.25, 0.3) is 0 Å². The maximum absolute atomic E-state index is 10.7. The monoisotopic (exact) mass is 329 g/mol. The van der Waals surface area contributed by atoms with Gasteiger partial charge in [-0.15, -0.1) is 15.0 Å². The van der Waals surface area contributed by atoms with Crippen LogP contribution in [0.1, 0.15) is 50.7 Å². The molecule has 0 fully saturated rings. The summed E-state index contributed by atoms with van der Waals surface area (Å²) in [6.45, 7) is 8.39. The van der Waals surface area contributed by atoms with Crippen molar-refractivity contribution in [3.8, 4) is 11.4 Å². The SMILES string of the molecule is CC(C)c1cc(C(C)C)c(O)c(-n2nc3ccc(Cl)cc3n2)c1. The number of hydrogen-bond donors (Lipinski definition) is 1. The Kier molecular flexibility index (Phi) is 4.02. The Morgan fingerprint density at radius 2 is 1.65 bits per heavy atom. The van der Waals surface area contributed by atoms with Gasteiger partial charge in [-0.1, -0.05) is 45.4 Å². The van der Waals surface area contributed by atoms with Gasteiger partial charge in [0.05, 0.1) is 0 Å². The molecule has 1 heterocycles. The van der Waals surface area contributed by atoms with Crippen LogP contribution in [0.4, 0.5) is 0 Å². The third kappa shape index (κ3) is 2.91. The summed E-state index contributed by atoms with van der Waals surface area (Å²) in [4.78, 5) is 1.49. The van der Waals surface area contributed by atoms with E-state index >= 15 is 0 Å². The average molecular weight is 330 g/mol. The van der Waals surface area contributed by atoms with Crippen molar-refractivity contribution in [3.05, 3.63) is 46.5 Å². The van der Waals surface area contributed by atoms with E-state index in [-0.39, 0.29) is 11.7 Å². The summed E-state index contributed by atoms with van der Waals surface area (Å²) in [6.07, 6.45) is 0. The zero-order valence-electron chi connectivity index (χ0n) is 13.7. The Labute approximate surface area is 140 Å². The second-order valence-electron chi connectivity index (χ2n) is 6.41. The molecule has 1 aromatic heterocycles. The fraction of sp³-hybridized carbons (Fsp3) is 0.333. The summed E-state index contributed by atoms with van der Waals surface area (Å²) < 4.78 is 0. The number of fused-ring (bicyclic) bond motifs is 1. The molecular weight excluding hydrogens is 310 g/mol. The highest BCUT2D eigenvalue weighted by molar-refractivity contribution is 6.31. The molecule has 0 atom stereocenters. The lowest BCUT2D eigenvalue weighted by molar-refractivity contribution is 0.457. The molecule has 2 aromatic carbocycles. The van der Waals surface area contributed by atoms with Crippen LogP contribution >= 0.6 is 11.6 Å². The number of hydrogen-bond acceptors (Lipinski definition) is 3. The van der Waals surface area contributed by atoms with Gasteiger partial charge in [0, 0.05) is 5.02 Å². The molecule has 23 heavy (non-hydrogen) atoms. The second kappa shape index (κ2) is 5.85. The first-order chi connectivity index (χ1) is 10.9. The Hall–Kier alpha value is -2.07. The predicted molar refractivity (Wildman–Crippen MR) is 93.7 cm³/mol. The van der Waals surface area contributed by atoms with Crippen LogP contribution in [-0.4, -0.2) is 20.1 Å². The molecule has 0 aliphatic carbocycles. The van der Waals surface area contributed by atoms with E-state index in [4.69, 9.17) is 11.6 Å². The minimum Gasteiger partial charge on any atom is -0.505 e. The van der Waals surface area contributed by atoms with Gasteiger partial charge in [-0.2, -0.15) is 0 Å². The van der Waals surface area contributed by atoms with Crippen LogP contribution in [0.15, 0.2) is 30.3 Å². The van der Waals surface area contributed by atoms with Crippen LogP contribution < -0.4 is 0 Å². The lowest BCUT2D eigenvalue weighted by Crippen LogP contribution is -2.04. The Morgan fingerprint density at radius 3 is 2.30 bits per heavy atom. The summed E-state index contributed by atoms with van der Waals surface area (Å²) >= 11 is 6.01.